The number of anilines is 2. The predicted octanol–water partition coefficient (Wildman–Crippen LogP) is 4.01. The molecule has 2 heterocycles. The lowest BCUT2D eigenvalue weighted by atomic mass is 10.2. The van der Waals surface area contributed by atoms with Gasteiger partial charge >= 0.3 is 0 Å². The number of sulfonamides is 1. The third-order valence-electron chi connectivity index (χ3n) is 5.23. The first kappa shape index (κ1) is 22.5. The average Bonchev–Trinajstić information content (AvgIpc) is 2.76. The fraction of sp³-hybridized carbons (Fsp3) is 0.429. The molecule has 0 saturated carbocycles. The molecule has 1 amide bonds. The Labute approximate surface area is 183 Å². The molecule has 1 aliphatic rings. The standard InChI is InChI=1S/C21H27ClN4O3S/c1-3-25(4-2)20-9-8-17(30(28,29)26-12-6-5-7-13-26)15-18(20)24-21(27)19-14-16(22)10-11-23-19/h8-11,14-15H,3-7,12-13H2,1-2H3,(H,24,27). The van der Waals surface area contributed by atoms with Gasteiger partial charge in [0.25, 0.3) is 5.91 Å². The highest BCUT2D eigenvalue weighted by molar-refractivity contribution is 7.89. The number of hydrogen-bond acceptors (Lipinski definition) is 5. The van der Waals surface area contributed by atoms with Gasteiger partial charge in [0.1, 0.15) is 5.69 Å². The van der Waals surface area contributed by atoms with E-state index in [4.69, 9.17) is 11.6 Å². The monoisotopic (exact) mass is 450 g/mol. The molecule has 1 saturated heterocycles. The Bertz CT molecular complexity index is 1000. The van der Waals surface area contributed by atoms with Crippen molar-refractivity contribution in [3.05, 3.63) is 47.2 Å². The maximum absolute atomic E-state index is 13.1. The molecule has 0 radical (unpaired) electrons. The van der Waals surface area contributed by atoms with Gasteiger partial charge in [0.15, 0.2) is 0 Å². The summed E-state index contributed by atoms with van der Waals surface area (Å²) in [5.74, 6) is -0.446. The summed E-state index contributed by atoms with van der Waals surface area (Å²) in [7, 11) is -3.62. The van der Waals surface area contributed by atoms with Gasteiger partial charge in [-0.25, -0.2) is 8.42 Å². The fourth-order valence-corrected chi connectivity index (χ4v) is 5.29. The summed E-state index contributed by atoms with van der Waals surface area (Å²) in [6.07, 6.45) is 4.22. The molecule has 7 nitrogen and oxygen atoms in total. The molecule has 1 fully saturated rings. The van der Waals surface area contributed by atoms with Crippen molar-refractivity contribution in [2.24, 2.45) is 0 Å². The molecule has 3 rings (SSSR count). The summed E-state index contributed by atoms with van der Waals surface area (Å²) < 4.78 is 27.8. The average molecular weight is 451 g/mol. The maximum atomic E-state index is 13.1. The normalized spacial score (nSPS) is 15.0. The molecule has 162 valence electrons. The van der Waals surface area contributed by atoms with Crippen LogP contribution in [0.1, 0.15) is 43.6 Å². The first-order chi connectivity index (χ1) is 14.4. The SMILES string of the molecule is CCN(CC)c1ccc(S(=O)(=O)N2CCCCC2)cc1NC(=O)c1cc(Cl)ccn1. The molecule has 1 aromatic carbocycles. The Morgan fingerprint density at radius 2 is 1.83 bits per heavy atom. The first-order valence-corrected chi connectivity index (χ1v) is 12.0. The smallest absolute Gasteiger partial charge is 0.274 e. The zero-order chi connectivity index (χ0) is 21.7. The number of amides is 1. The second kappa shape index (κ2) is 9.76. The van der Waals surface area contributed by atoms with Crippen LogP contribution < -0.4 is 10.2 Å². The first-order valence-electron chi connectivity index (χ1n) is 10.2. The summed E-state index contributed by atoms with van der Waals surface area (Å²) in [6.45, 7) is 6.49. The highest BCUT2D eigenvalue weighted by atomic mass is 35.5. The highest BCUT2D eigenvalue weighted by Crippen LogP contribution is 2.31. The zero-order valence-electron chi connectivity index (χ0n) is 17.3. The van der Waals surface area contributed by atoms with Crippen LogP contribution >= 0.6 is 11.6 Å². The number of carbonyl (C=O) groups is 1. The Morgan fingerprint density at radius 1 is 1.13 bits per heavy atom. The minimum Gasteiger partial charge on any atom is -0.370 e. The van der Waals surface area contributed by atoms with Crippen LogP contribution in [0.2, 0.25) is 5.02 Å². The molecular formula is C21H27ClN4O3S. The number of hydrogen-bond donors (Lipinski definition) is 1. The van der Waals surface area contributed by atoms with Crippen LogP contribution in [-0.2, 0) is 10.0 Å². The Hall–Kier alpha value is -2.16. The van der Waals surface area contributed by atoms with Crippen molar-refractivity contribution < 1.29 is 13.2 Å². The fourth-order valence-electron chi connectivity index (χ4n) is 3.59. The third kappa shape index (κ3) is 4.94. The summed E-state index contributed by atoms with van der Waals surface area (Å²) in [4.78, 5) is 19.1. The lowest BCUT2D eigenvalue weighted by molar-refractivity contribution is 0.102. The minimum absolute atomic E-state index is 0.164. The van der Waals surface area contributed by atoms with Crippen LogP contribution in [0.3, 0.4) is 0 Å². The maximum Gasteiger partial charge on any atom is 0.274 e. The summed E-state index contributed by atoms with van der Waals surface area (Å²) in [5.41, 5.74) is 1.36. The molecule has 1 aliphatic heterocycles. The largest absolute Gasteiger partial charge is 0.370 e. The van der Waals surface area contributed by atoms with Crippen LogP contribution in [0.4, 0.5) is 11.4 Å². The van der Waals surface area contributed by atoms with E-state index in [0.717, 1.165) is 24.9 Å². The lowest BCUT2D eigenvalue weighted by Gasteiger charge is -2.28. The van der Waals surface area contributed by atoms with Gasteiger partial charge in [0.05, 0.1) is 16.3 Å². The van der Waals surface area contributed by atoms with E-state index >= 15 is 0 Å². The van der Waals surface area contributed by atoms with Crippen LogP contribution in [0.25, 0.3) is 0 Å². The van der Waals surface area contributed by atoms with Crippen LogP contribution in [-0.4, -0.2) is 49.8 Å². The van der Waals surface area contributed by atoms with E-state index in [1.54, 1.807) is 24.3 Å². The van der Waals surface area contributed by atoms with Gasteiger partial charge in [-0.2, -0.15) is 4.31 Å². The topological polar surface area (TPSA) is 82.6 Å². The van der Waals surface area contributed by atoms with Gasteiger partial charge in [-0.05, 0) is 57.0 Å². The second-order valence-electron chi connectivity index (χ2n) is 7.13. The predicted molar refractivity (Wildman–Crippen MR) is 120 cm³/mol. The number of benzene rings is 1. The van der Waals surface area contributed by atoms with Crippen molar-refractivity contribution in [3.63, 3.8) is 0 Å². The number of carbonyl (C=O) groups excluding carboxylic acids is 1. The molecule has 0 aliphatic carbocycles. The quantitative estimate of drug-likeness (QED) is 0.689. The Kier molecular flexibility index (Phi) is 7.33. The number of nitrogens with zero attached hydrogens (tertiary/aromatic N) is 3. The lowest BCUT2D eigenvalue weighted by Crippen LogP contribution is -2.35. The molecule has 0 bridgehead atoms. The summed E-state index contributed by atoms with van der Waals surface area (Å²) >= 11 is 5.98. The molecule has 0 unspecified atom stereocenters. The van der Waals surface area contributed by atoms with Crippen LogP contribution in [0, 0.1) is 0 Å². The highest BCUT2D eigenvalue weighted by Gasteiger charge is 2.27. The third-order valence-corrected chi connectivity index (χ3v) is 7.36. The molecule has 9 heteroatoms. The van der Waals surface area contributed by atoms with E-state index in [0.29, 0.717) is 36.9 Å². The van der Waals surface area contributed by atoms with E-state index < -0.39 is 15.9 Å². The number of rotatable bonds is 7. The van der Waals surface area contributed by atoms with Gasteiger partial charge in [-0.1, -0.05) is 18.0 Å². The van der Waals surface area contributed by atoms with Crippen LogP contribution in [0.15, 0.2) is 41.4 Å². The van der Waals surface area contributed by atoms with Crippen molar-refractivity contribution in [1.29, 1.82) is 0 Å². The van der Waals surface area contributed by atoms with E-state index in [1.165, 1.54) is 16.6 Å². The van der Waals surface area contributed by atoms with Crippen LogP contribution in [0.5, 0.6) is 0 Å². The van der Waals surface area contributed by atoms with Crippen molar-refractivity contribution in [3.8, 4) is 0 Å². The zero-order valence-corrected chi connectivity index (χ0v) is 18.8. The Morgan fingerprint density at radius 3 is 2.47 bits per heavy atom. The molecule has 0 spiro atoms. The van der Waals surface area contributed by atoms with Crippen molar-refractivity contribution in [2.45, 2.75) is 38.0 Å². The molecule has 0 atom stereocenters. The van der Waals surface area contributed by atoms with Gasteiger partial charge in [0, 0.05) is 37.4 Å². The molecule has 30 heavy (non-hydrogen) atoms. The van der Waals surface area contributed by atoms with Gasteiger partial charge in [0.2, 0.25) is 10.0 Å². The van der Waals surface area contributed by atoms with Gasteiger partial charge in [-0.3, -0.25) is 9.78 Å². The van der Waals surface area contributed by atoms with Gasteiger partial charge < -0.3 is 10.2 Å². The van der Waals surface area contributed by atoms with Crippen molar-refractivity contribution in [2.75, 3.05) is 36.4 Å². The van der Waals surface area contributed by atoms with Gasteiger partial charge in [-0.15, -0.1) is 0 Å². The molecule has 1 aromatic heterocycles. The van der Waals surface area contributed by atoms with E-state index in [-0.39, 0.29) is 10.6 Å². The second-order valence-corrected chi connectivity index (χ2v) is 9.50. The molecule has 2 aromatic rings. The number of halogens is 1. The number of aromatic nitrogens is 1. The summed E-state index contributed by atoms with van der Waals surface area (Å²) in [5, 5.41) is 3.24. The minimum atomic E-state index is -3.62. The Balaban J connectivity index is 1.99. The van der Waals surface area contributed by atoms with Crippen molar-refractivity contribution in [1.82, 2.24) is 9.29 Å². The number of nitrogens with one attached hydrogen (secondary N) is 1. The number of piperidine rings is 1. The van der Waals surface area contributed by atoms with E-state index in [2.05, 4.69) is 15.2 Å². The van der Waals surface area contributed by atoms with Crippen molar-refractivity contribution >= 4 is 38.9 Å². The number of pyridine rings is 1. The van der Waals surface area contributed by atoms with E-state index in [1.807, 2.05) is 13.8 Å². The molecular weight excluding hydrogens is 424 g/mol. The van der Waals surface area contributed by atoms with E-state index in [9.17, 15) is 13.2 Å². The summed E-state index contributed by atoms with van der Waals surface area (Å²) in [6, 6.07) is 7.98. The molecule has 1 N–H and O–H groups in total.